The Labute approximate surface area is 200 Å². The molecule has 174 valence electrons. The number of carbonyl (C=O) groups excluding carboxylic acids is 1. The van der Waals surface area contributed by atoms with Crippen molar-refractivity contribution in [3.8, 4) is 0 Å². The monoisotopic (exact) mass is 465 g/mol. The number of hydrogen-bond acceptors (Lipinski definition) is 4. The SMILES string of the molecule is CCn1c(CN2CCC[C@@H](C(=O)N3CCN(c4ccccc4Cl)CC3)C2)nc2ccccc21. The number of likely N-dealkylation sites (tertiary alicyclic amines) is 1. The maximum atomic E-state index is 13.4. The van der Waals surface area contributed by atoms with Crippen molar-refractivity contribution in [1.82, 2.24) is 19.4 Å². The number of hydrogen-bond donors (Lipinski definition) is 0. The van der Waals surface area contributed by atoms with Gasteiger partial charge < -0.3 is 14.4 Å². The van der Waals surface area contributed by atoms with Crippen LogP contribution in [0.2, 0.25) is 5.02 Å². The highest BCUT2D eigenvalue weighted by molar-refractivity contribution is 6.33. The van der Waals surface area contributed by atoms with E-state index in [9.17, 15) is 4.79 Å². The molecule has 1 atom stereocenters. The molecule has 0 spiro atoms. The van der Waals surface area contributed by atoms with Gasteiger partial charge in [0.2, 0.25) is 5.91 Å². The van der Waals surface area contributed by atoms with Crippen molar-refractivity contribution in [2.24, 2.45) is 5.92 Å². The average molecular weight is 466 g/mol. The van der Waals surface area contributed by atoms with E-state index in [0.29, 0.717) is 5.91 Å². The van der Waals surface area contributed by atoms with Crippen LogP contribution in [0, 0.1) is 5.92 Å². The lowest BCUT2D eigenvalue weighted by Gasteiger charge is -2.40. The first kappa shape index (κ1) is 22.2. The topological polar surface area (TPSA) is 44.6 Å². The van der Waals surface area contributed by atoms with E-state index in [1.54, 1.807) is 0 Å². The normalized spacial score (nSPS) is 19.9. The van der Waals surface area contributed by atoms with Crippen molar-refractivity contribution in [1.29, 1.82) is 0 Å². The Morgan fingerprint density at radius 1 is 1.03 bits per heavy atom. The summed E-state index contributed by atoms with van der Waals surface area (Å²) in [5, 5.41) is 0.776. The van der Waals surface area contributed by atoms with E-state index < -0.39 is 0 Å². The number of aryl methyl sites for hydroxylation is 1. The van der Waals surface area contributed by atoms with Crippen LogP contribution in [0.5, 0.6) is 0 Å². The third kappa shape index (κ3) is 4.59. The number of rotatable bonds is 5. The zero-order chi connectivity index (χ0) is 22.8. The summed E-state index contributed by atoms with van der Waals surface area (Å²) >= 11 is 6.37. The van der Waals surface area contributed by atoms with Gasteiger partial charge in [0.15, 0.2) is 0 Å². The number of nitrogens with zero attached hydrogens (tertiary/aromatic N) is 5. The Bertz CT molecular complexity index is 1120. The Morgan fingerprint density at radius 2 is 1.79 bits per heavy atom. The first-order chi connectivity index (χ1) is 16.1. The number of piperazine rings is 1. The predicted molar refractivity (Wildman–Crippen MR) is 134 cm³/mol. The van der Waals surface area contributed by atoms with Gasteiger partial charge in [-0.15, -0.1) is 0 Å². The molecule has 2 fully saturated rings. The highest BCUT2D eigenvalue weighted by Crippen LogP contribution is 2.27. The van der Waals surface area contributed by atoms with Crippen molar-refractivity contribution in [2.75, 3.05) is 44.2 Å². The average Bonchev–Trinajstić information content (AvgIpc) is 3.21. The molecule has 0 radical (unpaired) electrons. The number of carbonyl (C=O) groups is 1. The van der Waals surface area contributed by atoms with Crippen LogP contribution in [0.25, 0.3) is 11.0 Å². The van der Waals surface area contributed by atoms with Gasteiger partial charge in [-0.3, -0.25) is 9.69 Å². The molecule has 7 heteroatoms. The smallest absolute Gasteiger partial charge is 0.227 e. The molecule has 33 heavy (non-hydrogen) atoms. The quantitative estimate of drug-likeness (QED) is 0.564. The number of anilines is 1. The van der Waals surface area contributed by atoms with Gasteiger partial charge in [0.25, 0.3) is 0 Å². The lowest BCUT2D eigenvalue weighted by molar-refractivity contribution is -0.137. The summed E-state index contributed by atoms with van der Waals surface area (Å²) in [5.74, 6) is 1.48. The van der Waals surface area contributed by atoms with Gasteiger partial charge in [0.05, 0.1) is 34.2 Å². The number of imidazole rings is 1. The molecule has 2 saturated heterocycles. The Kier molecular flexibility index (Phi) is 6.56. The minimum absolute atomic E-state index is 0.0741. The summed E-state index contributed by atoms with van der Waals surface area (Å²) in [4.78, 5) is 25.0. The molecule has 1 amide bonds. The Hall–Kier alpha value is -2.57. The summed E-state index contributed by atoms with van der Waals surface area (Å²) in [6.45, 7) is 8.88. The summed E-state index contributed by atoms with van der Waals surface area (Å²) in [6, 6.07) is 16.3. The molecule has 6 nitrogen and oxygen atoms in total. The molecular formula is C26H32ClN5O. The van der Waals surface area contributed by atoms with Crippen LogP contribution in [0.3, 0.4) is 0 Å². The number of piperidine rings is 1. The van der Waals surface area contributed by atoms with Crippen molar-refractivity contribution in [3.05, 3.63) is 59.4 Å². The molecule has 0 unspecified atom stereocenters. The number of amides is 1. The fourth-order valence-electron chi connectivity index (χ4n) is 5.33. The molecule has 2 aromatic carbocycles. The van der Waals surface area contributed by atoms with E-state index in [1.807, 2.05) is 24.3 Å². The summed E-state index contributed by atoms with van der Waals surface area (Å²) in [5.41, 5.74) is 3.31. The standard InChI is InChI=1S/C26H32ClN5O/c1-2-32-24-12-6-4-10-22(24)28-25(32)19-29-13-7-8-20(18-29)26(33)31-16-14-30(15-17-31)23-11-5-3-9-21(23)27/h3-6,9-12,20H,2,7-8,13-19H2,1H3/t20-/m1/s1. The van der Waals surface area contributed by atoms with Crippen LogP contribution in [0.1, 0.15) is 25.6 Å². The second-order valence-electron chi connectivity index (χ2n) is 9.10. The maximum absolute atomic E-state index is 13.4. The number of fused-ring (bicyclic) bond motifs is 1. The summed E-state index contributed by atoms with van der Waals surface area (Å²) in [7, 11) is 0. The molecule has 2 aliphatic rings. The van der Waals surface area contributed by atoms with Gasteiger partial charge in [-0.25, -0.2) is 4.98 Å². The molecule has 0 saturated carbocycles. The minimum Gasteiger partial charge on any atom is -0.367 e. The molecular weight excluding hydrogens is 434 g/mol. The van der Waals surface area contributed by atoms with Crippen LogP contribution < -0.4 is 4.90 Å². The van der Waals surface area contributed by atoms with E-state index in [2.05, 4.69) is 50.5 Å². The van der Waals surface area contributed by atoms with Crippen molar-refractivity contribution in [3.63, 3.8) is 0 Å². The third-order valence-electron chi connectivity index (χ3n) is 7.05. The fourth-order valence-corrected chi connectivity index (χ4v) is 5.59. The van der Waals surface area contributed by atoms with Crippen molar-refractivity contribution >= 4 is 34.2 Å². The largest absolute Gasteiger partial charge is 0.367 e. The van der Waals surface area contributed by atoms with E-state index in [4.69, 9.17) is 16.6 Å². The number of aromatic nitrogens is 2. The second-order valence-corrected chi connectivity index (χ2v) is 9.51. The van der Waals surface area contributed by atoms with Crippen LogP contribution in [-0.4, -0.2) is 64.5 Å². The number of para-hydroxylation sites is 3. The first-order valence-corrected chi connectivity index (χ1v) is 12.5. The van der Waals surface area contributed by atoms with Gasteiger partial charge in [-0.05, 0) is 50.6 Å². The second kappa shape index (κ2) is 9.74. The van der Waals surface area contributed by atoms with E-state index in [-0.39, 0.29) is 5.92 Å². The van der Waals surface area contributed by atoms with E-state index in [0.717, 1.165) is 87.3 Å². The number of benzene rings is 2. The van der Waals surface area contributed by atoms with Crippen LogP contribution in [0.4, 0.5) is 5.69 Å². The van der Waals surface area contributed by atoms with Gasteiger partial charge in [0.1, 0.15) is 5.82 Å². The maximum Gasteiger partial charge on any atom is 0.227 e. The zero-order valence-corrected chi connectivity index (χ0v) is 20.0. The van der Waals surface area contributed by atoms with E-state index in [1.165, 1.54) is 5.52 Å². The van der Waals surface area contributed by atoms with Crippen LogP contribution >= 0.6 is 11.6 Å². The molecule has 3 heterocycles. The molecule has 0 bridgehead atoms. The molecule has 3 aromatic rings. The zero-order valence-electron chi connectivity index (χ0n) is 19.3. The number of halogens is 1. The summed E-state index contributed by atoms with van der Waals surface area (Å²) in [6.07, 6.45) is 2.03. The highest BCUT2D eigenvalue weighted by atomic mass is 35.5. The Morgan fingerprint density at radius 3 is 2.58 bits per heavy atom. The third-order valence-corrected chi connectivity index (χ3v) is 7.37. The van der Waals surface area contributed by atoms with Crippen molar-refractivity contribution < 1.29 is 4.79 Å². The Balaban J connectivity index is 1.21. The summed E-state index contributed by atoms with van der Waals surface area (Å²) < 4.78 is 2.30. The van der Waals surface area contributed by atoms with Crippen molar-refractivity contribution in [2.45, 2.75) is 32.9 Å². The first-order valence-electron chi connectivity index (χ1n) is 12.1. The van der Waals surface area contributed by atoms with Crippen LogP contribution in [0.15, 0.2) is 48.5 Å². The van der Waals surface area contributed by atoms with E-state index >= 15 is 0 Å². The fraction of sp³-hybridized carbons (Fsp3) is 0.462. The van der Waals surface area contributed by atoms with Gasteiger partial charge >= 0.3 is 0 Å². The molecule has 0 aliphatic carbocycles. The van der Waals surface area contributed by atoms with Gasteiger partial charge in [-0.1, -0.05) is 35.9 Å². The molecule has 1 aromatic heterocycles. The lowest BCUT2D eigenvalue weighted by Crippen LogP contribution is -2.52. The minimum atomic E-state index is 0.0741. The molecule has 2 aliphatic heterocycles. The predicted octanol–water partition coefficient (Wildman–Crippen LogP) is 4.27. The van der Waals surface area contributed by atoms with Gasteiger partial charge in [0, 0.05) is 39.3 Å². The highest BCUT2D eigenvalue weighted by Gasteiger charge is 2.31. The van der Waals surface area contributed by atoms with Crippen LogP contribution in [-0.2, 0) is 17.9 Å². The lowest BCUT2D eigenvalue weighted by atomic mass is 9.96. The molecule has 0 N–H and O–H groups in total. The van der Waals surface area contributed by atoms with Gasteiger partial charge in [-0.2, -0.15) is 0 Å². The molecule has 5 rings (SSSR count).